The fourth-order valence-corrected chi connectivity index (χ4v) is 3.27. The Bertz CT molecular complexity index is 943. The van der Waals surface area contributed by atoms with Crippen LogP contribution in [-0.4, -0.2) is 19.6 Å². The minimum atomic E-state index is -0.0968. The highest BCUT2D eigenvalue weighted by atomic mass is 35.5. The van der Waals surface area contributed by atoms with Gasteiger partial charge in [0.25, 0.3) is 11.3 Å². The lowest BCUT2D eigenvalue weighted by atomic mass is 9.80. The van der Waals surface area contributed by atoms with E-state index in [2.05, 4.69) is 15.1 Å². The van der Waals surface area contributed by atoms with Crippen LogP contribution in [0.5, 0.6) is 0 Å². The van der Waals surface area contributed by atoms with Gasteiger partial charge in [-0.1, -0.05) is 35.7 Å². The molecule has 4 rings (SSSR count). The van der Waals surface area contributed by atoms with Gasteiger partial charge in [-0.15, -0.1) is 0 Å². The summed E-state index contributed by atoms with van der Waals surface area (Å²) in [6.45, 7) is 0. The lowest BCUT2D eigenvalue weighted by molar-refractivity contribution is 0.408. The molecule has 5 nitrogen and oxygen atoms in total. The summed E-state index contributed by atoms with van der Waals surface area (Å²) in [5.41, 5.74) is 2.42. The van der Waals surface area contributed by atoms with Crippen molar-refractivity contribution in [2.45, 2.75) is 31.6 Å². The zero-order valence-electron chi connectivity index (χ0n) is 12.2. The van der Waals surface area contributed by atoms with Crippen LogP contribution in [0, 0.1) is 0 Å². The molecule has 1 fully saturated rings. The molecule has 0 atom stereocenters. The number of hydrogen-bond acceptors (Lipinski definition) is 3. The maximum atomic E-state index is 12.8. The molecule has 0 aliphatic heterocycles. The number of hydrogen-bond donors (Lipinski definition) is 1. The van der Waals surface area contributed by atoms with Gasteiger partial charge in [0.15, 0.2) is 0 Å². The zero-order chi connectivity index (χ0) is 16.0. The van der Waals surface area contributed by atoms with Crippen molar-refractivity contribution in [2.24, 2.45) is 0 Å². The van der Waals surface area contributed by atoms with Crippen molar-refractivity contribution >= 4 is 29.0 Å². The van der Waals surface area contributed by atoms with E-state index in [4.69, 9.17) is 23.2 Å². The van der Waals surface area contributed by atoms with Crippen LogP contribution in [0.2, 0.25) is 10.0 Å². The molecule has 0 bridgehead atoms. The fourth-order valence-electron chi connectivity index (χ4n) is 2.95. The second-order valence-corrected chi connectivity index (χ2v) is 6.67. The molecule has 0 saturated heterocycles. The Kier molecular flexibility index (Phi) is 3.62. The first kappa shape index (κ1) is 14.7. The summed E-state index contributed by atoms with van der Waals surface area (Å²) < 4.78 is 1.38. The van der Waals surface area contributed by atoms with Gasteiger partial charge in [0.05, 0.1) is 15.7 Å². The van der Waals surface area contributed by atoms with Crippen LogP contribution in [0.25, 0.3) is 5.78 Å². The third kappa shape index (κ3) is 2.54. The molecular weight excluding hydrogens is 335 g/mol. The Morgan fingerprint density at radius 3 is 2.78 bits per heavy atom. The van der Waals surface area contributed by atoms with E-state index < -0.39 is 0 Å². The van der Waals surface area contributed by atoms with Gasteiger partial charge in [0, 0.05) is 17.9 Å². The largest absolute Gasteiger partial charge is 0.278 e. The Balaban J connectivity index is 1.84. The minimum absolute atomic E-state index is 0.0968. The van der Waals surface area contributed by atoms with E-state index in [-0.39, 0.29) is 5.56 Å². The summed E-state index contributed by atoms with van der Waals surface area (Å²) in [7, 11) is 0. The van der Waals surface area contributed by atoms with Crippen LogP contribution in [0.15, 0.2) is 29.3 Å². The van der Waals surface area contributed by atoms with Gasteiger partial charge in [0.2, 0.25) is 0 Å². The number of nitrogens with one attached hydrogen (secondary N) is 1. The predicted octanol–water partition coefficient (Wildman–Crippen LogP) is 3.58. The van der Waals surface area contributed by atoms with Gasteiger partial charge in [-0.25, -0.2) is 9.97 Å². The molecule has 0 spiro atoms. The van der Waals surface area contributed by atoms with Crippen molar-refractivity contribution in [1.82, 2.24) is 19.6 Å². The normalized spacial score (nSPS) is 15.0. The van der Waals surface area contributed by atoms with Gasteiger partial charge < -0.3 is 0 Å². The molecule has 23 heavy (non-hydrogen) atoms. The van der Waals surface area contributed by atoms with Gasteiger partial charge in [-0.2, -0.15) is 4.52 Å². The minimum Gasteiger partial charge on any atom is -0.278 e. The standard InChI is InChI=1S/C16H14Cl2N4O/c17-12-5-4-9(7-13(12)18)6-11-14(10-2-1-3-10)21-16-19-8-20-22(16)15(11)23/h4-5,7-8,10H,1-3,6H2,(H,19,20,21). The maximum Gasteiger partial charge on any atom is 0.277 e. The maximum absolute atomic E-state index is 12.8. The SMILES string of the molecule is O=c1c(Cc2ccc(Cl)c(Cl)c2)c(C2CCC2)nc2nc[nH]n12. The van der Waals surface area contributed by atoms with E-state index in [0.717, 1.165) is 24.1 Å². The van der Waals surface area contributed by atoms with Gasteiger partial charge in [-0.05, 0) is 30.5 Å². The molecule has 1 aromatic carbocycles. The summed E-state index contributed by atoms with van der Waals surface area (Å²) in [4.78, 5) is 21.5. The van der Waals surface area contributed by atoms with E-state index in [9.17, 15) is 4.79 Å². The van der Waals surface area contributed by atoms with Crippen LogP contribution in [0.1, 0.15) is 42.0 Å². The Hall–Kier alpha value is -1.85. The van der Waals surface area contributed by atoms with Crippen molar-refractivity contribution in [2.75, 3.05) is 0 Å². The van der Waals surface area contributed by atoms with Crippen LogP contribution in [0.3, 0.4) is 0 Å². The number of benzene rings is 1. The second-order valence-electron chi connectivity index (χ2n) is 5.86. The molecule has 0 unspecified atom stereocenters. The van der Waals surface area contributed by atoms with Crippen molar-refractivity contribution in [3.8, 4) is 0 Å². The molecule has 3 aromatic rings. The molecule has 2 heterocycles. The predicted molar refractivity (Wildman–Crippen MR) is 89.5 cm³/mol. The molecule has 118 valence electrons. The molecular formula is C16H14Cl2N4O. The van der Waals surface area contributed by atoms with Crippen molar-refractivity contribution < 1.29 is 0 Å². The highest BCUT2D eigenvalue weighted by Gasteiger charge is 2.27. The number of aromatic nitrogens is 4. The first-order valence-corrected chi connectivity index (χ1v) is 8.28. The Morgan fingerprint density at radius 1 is 1.26 bits per heavy atom. The molecule has 1 N–H and O–H groups in total. The zero-order valence-corrected chi connectivity index (χ0v) is 13.7. The lowest BCUT2D eigenvalue weighted by Crippen LogP contribution is -2.26. The van der Waals surface area contributed by atoms with Crippen LogP contribution in [-0.2, 0) is 6.42 Å². The third-order valence-corrected chi connectivity index (χ3v) is 5.15. The molecule has 1 aliphatic carbocycles. The average molecular weight is 349 g/mol. The van der Waals surface area contributed by atoms with E-state index in [1.54, 1.807) is 12.1 Å². The summed E-state index contributed by atoms with van der Waals surface area (Å²) in [6.07, 6.45) is 5.29. The Labute approximate surface area is 142 Å². The smallest absolute Gasteiger partial charge is 0.277 e. The highest BCUT2D eigenvalue weighted by molar-refractivity contribution is 6.42. The van der Waals surface area contributed by atoms with Gasteiger partial charge in [0.1, 0.15) is 6.33 Å². The third-order valence-electron chi connectivity index (χ3n) is 4.41. The van der Waals surface area contributed by atoms with Gasteiger partial charge in [-0.3, -0.25) is 9.89 Å². The number of halogens is 2. The van der Waals surface area contributed by atoms with E-state index in [1.165, 1.54) is 17.3 Å². The summed E-state index contributed by atoms with van der Waals surface area (Å²) in [6, 6.07) is 5.44. The van der Waals surface area contributed by atoms with E-state index >= 15 is 0 Å². The van der Waals surface area contributed by atoms with Crippen LogP contribution < -0.4 is 5.56 Å². The van der Waals surface area contributed by atoms with Crippen molar-refractivity contribution in [3.63, 3.8) is 0 Å². The monoisotopic (exact) mass is 348 g/mol. The number of nitrogens with zero attached hydrogens (tertiary/aromatic N) is 3. The highest BCUT2D eigenvalue weighted by Crippen LogP contribution is 2.37. The fraction of sp³-hybridized carbons (Fsp3) is 0.312. The second kappa shape index (κ2) is 5.65. The molecule has 2 aromatic heterocycles. The first-order chi connectivity index (χ1) is 11.1. The molecule has 0 radical (unpaired) electrons. The van der Waals surface area contributed by atoms with Crippen molar-refractivity contribution in [3.05, 3.63) is 61.7 Å². The van der Waals surface area contributed by atoms with Gasteiger partial charge >= 0.3 is 0 Å². The first-order valence-electron chi connectivity index (χ1n) is 7.52. The molecule has 0 amide bonds. The number of aromatic amines is 1. The molecule has 7 heteroatoms. The topological polar surface area (TPSA) is 63.0 Å². The van der Waals surface area contributed by atoms with Crippen LogP contribution >= 0.6 is 23.2 Å². The number of fused-ring (bicyclic) bond motifs is 1. The average Bonchev–Trinajstić information content (AvgIpc) is 2.93. The number of H-pyrrole nitrogens is 1. The number of rotatable bonds is 3. The molecule has 1 saturated carbocycles. The van der Waals surface area contributed by atoms with E-state index in [1.807, 2.05) is 6.07 Å². The molecule has 1 aliphatic rings. The lowest BCUT2D eigenvalue weighted by Gasteiger charge is -2.26. The van der Waals surface area contributed by atoms with Crippen LogP contribution in [0.4, 0.5) is 0 Å². The van der Waals surface area contributed by atoms with E-state index in [0.29, 0.717) is 33.7 Å². The van der Waals surface area contributed by atoms with Crippen molar-refractivity contribution in [1.29, 1.82) is 0 Å². The Morgan fingerprint density at radius 2 is 2.09 bits per heavy atom. The summed E-state index contributed by atoms with van der Waals surface area (Å²) in [5, 5.41) is 3.82. The quantitative estimate of drug-likeness (QED) is 0.786. The summed E-state index contributed by atoms with van der Waals surface area (Å²) >= 11 is 12.1. The summed E-state index contributed by atoms with van der Waals surface area (Å²) in [5.74, 6) is 0.775.